The summed E-state index contributed by atoms with van der Waals surface area (Å²) in [4.78, 5) is 18.4. The van der Waals surface area contributed by atoms with E-state index in [2.05, 4.69) is 4.98 Å². The number of benzene rings is 2. The highest BCUT2D eigenvalue weighted by atomic mass is 16.3. The first-order chi connectivity index (χ1) is 12.6. The first-order valence-corrected chi connectivity index (χ1v) is 8.54. The van der Waals surface area contributed by atoms with Crippen molar-refractivity contribution in [1.82, 2.24) is 9.88 Å². The molecule has 4 heteroatoms. The van der Waals surface area contributed by atoms with E-state index in [1.54, 1.807) is 32.4 Å². The second-order valence-electron chi connectivity index (χ2n) is 6.38. The lowest BCUT2D eigenvalue weighted by Gasteiger charge is -2.25. The maximum absolute atomic E-state index is 12.5. The number of carbonyl (C=O) groups excluding carboxylic acids is 1. The largest absolute Gasteiger partial charge is 0.386 e. The molecule has 1 heterocycles. The molecule has 4 nitrogen and oxygen atoms in total. The van der Waals surface area contributed by atoms with Gasteiger partial charge in [-0.15, -0.1) is 0 Å². The van der Waals surface area contributed by atoms with E-state index >= 15 is 0 Å². The summed E-state index contributed by atoms with van der Waals surface area (Å²) >= 11 is 0. The molecule has 1 atom stereocenters. The maximum Gasteiger partial charge on any atom is 0.255 e. The number of nitrogens with zero attached hydrogens (tertiary/aromatic N) is 2. The SMILES string of the molecule is CN(C)C(=O)c1cccnc1C(O)C(c1ccccc1)c1ccccc1. The third-order valence-corrected chi connectivity index (χ3v) is 4.39. The third kappa shape index (κ3) is 3.65. The van der Waals surface area contributed by atoms with Crippen LogP contribution in [0.15, 0.2) is 79.0 Å². The average Bonchev–Trinajstić information content (AvgIpc) is 2.69. The molecule has 0 spiro atoms. The molecule has 0 bridgehead atoms. The molecule has 0 saturated carbocycles. The van der Waals surface area contributed by atoms with Crippen LogP contribution in [0.2, 0.25) is 0 Å². The minimum Gasteiger partial charge on any atom is -0.386 e. The minimum absolute atomic E-state index is 0.174. The van der Waals surface area contributed by atoms with Crippen LogP contribution in [0.5, 0.6) is 0 Å². The van der Waals surface area contributed by atoms with Crippen LogP contribution in [-0.2, 0) is 0 Å². The molecule has 0 radical (unpaired) electrons. The summed E-state index contributed by atoms with van der Waals surface area (Å²) in [5, 5.41) is 11.3. The molecular formula is C22H22N2O2. The number of pyridine rings is 1. The van der Waals surface area contributed by atoms with Gasteiger partial charge in [-0.25, -0.2) is 0 Å². The van der Waals surface area contributed by atoms with Crippen LogP contribution in [0, 0.1) is 0 Å². The van der Waals surface area contributed by atoms with E-state index in [4.69, 9.17) is 0 Å². The number of rotatable bonds is 5. The number of aromatic nitrogens is 1. The molecule has 2 aromatic carbocycles. The van der Waals surface area contributed by atoms with Crippen LogP contribution >= 0.6 is 0 Å². The van der Waals surface area contributed by atoms with Gasteiger partial charge in [-0.1, -0.05) is 60.7 Å². The molecule has 3 rings (SSSR count). The summed E-state index contributed by atoms with van der Waals surface area (Å²) in [6, 6.07) is 23.0. The molecule has 1 unspecified atom stereocenters. The summed E-state index contributed by atoms with van der Waals surface area (Å²) in [5.74, 6) is -0.493. The van der Waals surface area contributed by atoms with Crippen molar-refractivity contribution in [1.29, 1.82) is 0 Å². The van der Waals surface area contributed by atoms with Gasteiger partial charge in [-0.2, -0.15) is 0 Å². The van der Waals surface area contributed by atoms with E-state index in [-0.39, 0.29) is 11.8 Å². The van der Waals surface area contributed by atoms with Crippen molar-refractivity contribution in [2.75, 3.05) is 14.1 Å². The van der Waals surface area contributed by atoms with Gasteiger partial charge < -0.3 is 10.0 Å². The van der Waals surface area contributed by atoms with Crippen molar-refractivity contribution >= 4 is 5.91 Å². The maximum atomic E-state index is 12.5. The standard InChI is InChI=1S/C22H22N2O2/c1-24(2)22(26)18-14-9-15-23-20(18)21(25)19(16-10-5-3-6-11-16)17-12-7-4-8-13-17/h3-15,19,21,25H,1-2H3. The van der Waals surface area contributed by atoms with Crippen molar-refractivity contribution in [3.63, 3.8) is 0 Å². The molecule has 0 aliphatic heterocycles. The van der Waals surface area contributed by atoms with Gasteiger partial charge in [0.25, 0.3) is 5.91 Å². The highest BCUT2D eigenvalue weighted by molar-refractivity contribution is 5.95. The topological polar surface area (TPSA) is 53.4 Å². The number of carbonyl (C=O) groups is 1. The highest BCUT2D eigenvalue weighted by Gasteiger charge is 2.29. The van der Waals surface area contributed by atoms with Crippen LogP contribution in [0.4, 0.5) is 0 Å². The monoisotopic (exact) mass is 346 g/mol. The Morgan fingerprint density at radius 1 is 0.885 bits per heavy atom. The Labute approximate surface area is 153 Å². The lowest BCUT2D eigenvalue weighted by atomic mass is 9.84. The van der Waals surface area contributed by atoms with Crippen molar-refractivity contribution in [2.24, 2.45) is 0 Å². The van der Waals surface area contributed by atoms with E-state index in [1.807, 2.05) is 60.7 Å². The molecule has 26 heavy (non-hydrogen) atoms. The zero-order valence-electron chi connectivity index (χ0n) is 14.9. The van der Waals surface area contributed by atoms with Gasteiger partial charge in [0.05, 0.1) is 11.3 Å². The normalized spacial score (nSPS) is 12.0. The van der Waals surface area contributed by atoms with Crippen LogP contribution in [-0.4, -0.2) is 35.0 Å². The summed E-state index contributed by atoms with van der Waals surface area (Å²) in [7, 11) is 3.38. The van der Waals surface area contributed by atoms with Gasteiger partial charge in [-0.3, -0.25) is 9.78 Å². The van der Waals surface area contributed by atoms with Crippen molar-refractivity contribution < 1.29 is 9.90 Å². The molecule has 0 aliphatic rings. The van der Waals surface area contributed by atoms with Crippen LogP contribution in [0.3, 0.4) is 0 Å². The van der Waals surface area contributed by atoms with Gasteiger partial charge in [0.1, 0.15) is 6.10 Å². The lowest BCUT2D eigenvalue weighted by Crippen LogP contribution is -2.25. The Morgan fingerprint density at radius 3 is 1.92 bits per heavy atom. The van der Waals surface area contributed by atoms with Gasteiger partial charge in [-0.05, 0) is 23.3 Å². The fraction of sp³-hybridized carbons (Fsp3) is 0.182. The van der Waals surface area contributed by atoms with Gasteiger partial charge in [0.2, 0.25) is 0 Å². The average molecular weight is 346 g/mol. The van der Waals surface area contributed by atoms with Gasteiger partial charge in [0.15, 0.2) is 0 Å². The zero-order valence-corrected chi connectivity index (χ0v) is 14.9. The third-order valence-electron chi connectivity index (χ3n) is 4.39. The lowest BCUT2D eigenvalue weighted by molar-refractivity contribution is 0.0816. The van der Waals surface area contributed by atoms with E-state index in [0.29, 0.717) is 11.3 Å². The predicted octanol–water partition coefficient (Wildman–Crippen LogP) is 3.65. The summed E-state index contributed by atoms with van der Waals surface area (Å²) in [6.45, 7) is 0. The molecular weight excluding hydrogens is 324 g/mol. The fourth-order valence-electron chi connectivity index (χ4n) is 3.11. The van der Waals surface area contributed by atoms with Gasteiger partial charge >= 0.3 is 0 Å². The Balaban J connectivity index is 2.10. The van der Waals surface area contributed by atoms with Crippen molar-refractivity contribution in [3.8, 4) is 0 Å². The number of amides is 1. The second kappa shape index (κ2) is 7.93. The summed E-state index contributed by atoms with van der Waals surface area (Å²) < 4.78 is 0. The molecule has 1 N–H and O–H groups in total. The molecule has 132 valence electrons. The minimum atomic E-state index is -0.945. The first kappa shape index (κ1) is 17.8. The zero-order chi connectivity index (χ0) is 18.5. The second-order valence-corrected chi connectivity index (χ2v) is 6.38. The highest BCUT2D eigenvalue weighted by Crippen LogP contribution is 2.37. The van der Waals surface area contributed by atoms with E-state index < -0.39 is 6.10 Å². The molecule has 0 saturated heterocycles. The number of aliphatic hydroxyl groups excluding tert-OH is 1. The molecule has 1 aromatic heterocycles. The quantitative estimate of drug-likeness (QED) is 0.767. The first-order valence-electron chi connectivity index (χ1n) is 8.54. The van der Waals surface area contributed by atoms with Crippen LogP contribution in [0.1, 0.15) is 39.2 Å². The smallest absolute Gasteiger partial charge is 0.255 e. The molecule has 3 aromatic rings. The molecule has 0 fully saturated rings. The Morgan fingerprint density at radius 2 is 1.42 bits per heavy atom. The predicted molar refractivity (Wildman–Crippen MR) is 102 cm³/mol. The Hall–Kier alpha value is -2.98. The van der Waals surface area contributed by atoms with E-state index in [1.165, 1.54) is 4.90 Å². The molecule has 0 aliphatic carbocycles. The Kier molecular flexibility index (Phi) is 5.44. The summed E-state index contributed by atoms with van der Waals surface area (Å²) in [5.41, 5.74) is 2.76. The molecule has 1 amide bonds. The number of aliphatic hydroxyl groups is 1. The fourth-order valence-corrected chi connectivity index (χ4v) is 3.11. The van der Waals surface area contributed by atoms with Crippen molar-refractivity contribution in [3.05, 3.63) is 101 Å². The van der Waals surface area contributed by atoms with Crippen LogP contribution in [0.25, 0.3) is 0 Å². The van der Waals surface area contributed by atoms with E-state index in [0.717, 1.165) is 11.1 Å². The van der Waals surface area contributed by atoms with Gasteiger partial charge in [0, 0.05) is 26.2 Å². The number of hydrogen-bond acceptors (Lipinski definition) is 3. The number of hydrogen-bond donors (Lipinski definition) is 1. The van der Waals surface area contributed by atoms with Crippen molar-refractivity contribution in [2.45, 2.75) is 12.0 Å². The van der Waals surface area contributed by atoms with Crippen LogP contribution < -0.4 is 0 Å². The van der Waals surface area contributed by atoms with E-state index in [9.17, 15) is 9.90 Å². The Bertz CT molecular complexity index is 824. The summed E-state index contributed by atoms with van der Waals surface area (Å²) in [6.07, 6.45) is 0.665.